The molecule has 1 aromatic carbocycles. The summed E-state index contributed by atoms with van der Waals surface area (Å²) >= 11 is 5.98. The van der Waals surface area contributed by atoms with Crippen molar-refractivity contribution in [3.8, 4) is 0 Å². The third-order valence-corrected chi connectivity index (χ3v) is 6.03. The van der Waals surface area contributed by atoms with Gasteiger partial charge in [-0.25, -0.2) is 0 Å². The van der Waals surface area contributed by atoms with Crippen LogP contribution in [-0.4, -0.2) is 78.9 Å². The second-order valence-corrected chi connectivity index (χ2v) is 9.14. The number of nitrogens with zero attached hydrogens (tertiary/aromatic N) is 3. The number of benzene rings is 1. The highest BCUT2D eigenvalue weighted by molar-refractivity contribution is 6.30. The number of likely N-dealkylation sites (tertiary alicyclic amines) is 1. The highest BCUT2D eigenvalue weighted by atomic mass is 35.5. The molecular formula is C22H33ClN4O2. The summed E-state index contributed by atoms with van der Waals surface area (Å²) < 4.78 is 0. The Kier molecular flexibility index (Phi) is 7.92. The maximum absolute atomic E-state index is 12.7. The molecule has 2 amide bonds. The number of piperazine rings is 1. The van der Waals surface area contributed by atoms with Crippen LogP contribution in [0.3, 0.4) is 0 Å². The summed E-state index contributed by atoms with van der Waals surface area (Å²) in [6, 6.07) is 7.52. The van der Waals surface area contributed by atoms with Gasteiger partial charge in [0.05, 0.1) is 13.1 Å². The first kappa shape index (κ1) is 22.1. The quantitative estimate of drug-likeness (QED) is 0.765. The molecule has 0 bridgehead atoms. The van der Waals surface area contributed by atoms with Crippen LogP contribution in [0.5, 0.6) is 0 Å². The van der Waals surface area contributed by atoms with Crippen LogP contribution in [0.15, 0.2) is 24.3 Å². The van der Waals surface area contributed by atoms with E-state index in [1.807, 2.05) is 29.2 Å². The molecular weight excluding hydrogens is 388 g/mol. The van der Waals surface area contributed by atoms with Gasteiger partial charge in [0.25, 0.3) is 0 Å². The third-order valence-electron chi connectivity index (χ3n) is 5.79. The number of piperidine rings is 1. The molecule has 1 aromatic rings. The summed E-state index contributed by atoms with van der Waals surface area (Å²) in [5, 5.41) is 3.63. The molecule has 0 aliphatic carbocycles. The Morgan fingerprint density at radius 1 is 1.03 bits per heavy atom. The maximum Gasteiger partial charge on any atom is 0.236 e. The third kappa shape index (κ3) is 6.98. The fraction of sp³-hybridized carbons (Fsp3) is 0.636. The average molecular weight is 421 g/mol. The Hall–Kier alpha value is -1.63. The largest absolute Gasteiger partial charge is 0.351 e. The number of carbonyl (C=O) groups is 2. The lowest BCUT2D eigenvalue weighted by Crippen LogP contribution is -2.53. The average Bonchev–Trinajstić information content (AvgIpc) is 2.67. The van der Waals surface area contributed by atoms with Crippen molar-refractivity contribution in [3.05, 3.63) is 34.9 Å². The van der Waals surface area contributed by atoms with Crippen molar-refractivity contribution in [1.82, 2.24) is 20.0 Å². The predicted octanol–water partition coefficient (Wildman–Crippen LogP) is 2.08. The molecule has 0 spiro atoms. The van der Waals surface area contributed by atoms with E-state index in [1.165, 1.54) is 6.42 Å². The fourth-order valence-corrected chi connectivity index (χ4v) is 4.58. The molecule has 3 rings (SSSR count). The molecule has 6 nitrogen and oxygen atoms in total. The van der Waals surface area contributed by atoms with Crippen LogP contribution < -0.4 is 5.32 Å². The molecule has 2 saturated heterocycles. The number of rotatable bonds is 6. The van der Waals surface area contributed by atoms with Crippen LogP contribution in [0.1, 0.15) is 25.8 Å². The molecule has 2 atom stereocenters. The van der Waals surface area contributed by atoms with Crippen molar-refractivity contribution in [1.29, 1.82) is 0 Å². The topological polar surface area (TPSA) is 55.9 Å². The van der Waals surface area contributed by atoms with Gasteiger partial charge in [0.2, 0.25) is 11.8 Å². The molecule has 160 valence electrons. The first-order valence-corrected chi connectivity index (χ1v) is 11.0. The van der Waals surface area contributed by atoms with Gasteiger partial charge in [0.15, 0.2) is 0 Å². The number of nitrogens with one attached hydrogen (secondary N) is 1. The number of amides is 2. The molecule has 2 heterocycles. The van der Waals surface area contributed by atoms with Crippen molar-refractivity contribution < 1.29 is 9.59 Å². The van der Waals surface area contributed by atoms with Crippen LogP contribution in [0.4, 0.5) is 0 Å². The summed E-state index contributed by atoms with van der Waals surface area (Å²) in [5.41, 5.74) is 0.996. The molecule has 0 radical (unpaired) electrons. The summed E-state index contributed by atoms with van der Waals surface area (Å²) in [6.45, 7) is 10.9. The summed E-state index contributed by atoms with van der Waals surface area (Å²) in [7, 11) is 0. The van der Waals surface area contributed by atoms with Crippen LogP contribution in [-0.2, 0) is 16.1 Å². The minimum absolute atomic E-state index is 0.0193. The van der Waals surface area contributed by atoms with E-state index in [1.54, 1.807) is 0 Å². The zero-order chi connectivity index (χ0) is 20.8. The van der Waals surface area contributed by atoms with Gasteiger partial charge in [0.1, 0.15) is 0 Å². The Balaban J connectivity index is 1.35. The highest BCUT2D eigenvalue weighted by Crippen LogP contribution is 2.21. The Labute approximate surface area is 179 Å². The van der Waals surface area contributed by atoms with E-state index in [2.05, 4.69) is 29.0 Å². The normalized spacial score (nSPS) is 23.8. The van der Waals surface area contributed by atoms with E-state index < -0.39 is 0 Å². The first-order valence-electron chi connectivity index (χ1n) is 10.6. The molecule has 0 unspecified atom stereocenters. The highest BCUT2D eigenvalue weighted by Gasteiger charge is 2.27. The minimum atomic E-state index is 0.0193. The SMILES string of the molecule is C[C@@H]1C[C@H](C)CN(C(=O)CN2CCN(CC(=O)NCc3cccc(Cl)c3)CC2)C1. The van der Waals surface area contributed by atoms with Crippen molar-refractivity contribution >= 4 is 23.4 Å². The molecule has 2 fully saturated rings. The molecule has 29 heavy (non-hydrogen) atoms. The van der Waals surface area contributed by atoms with Gasteiger partial charge in [-0.1, -0.05) is 37.6 Å². The zero-order valence-corrected chi connectivity index (χ0v) is 18.3. The zero-order valence-electron chi connectivity index (χ0n) is 17.6. The van der Waals surface area contributed by atoms with Gasteiger partial charge < -0.3 is 10.2 Å². The molecule has 1 N–H and O–H groups in total. The van der Waals surface area contributed by atoms with Gasteiger partial charge in [0, 0.05) is 50.8 Å². The van der Waals surface area contributed by atoms with Crippen LogP contribution >= 0.6 is 11.6 Å². The second-order valence-electron chi connectivity index (χ2n) is 8.70. The fourth-order valence-electron chi connectivity index (χ4n) is 4.37. The van der Waals surface area contributed by atoms with Gasteiger partial charge in [-0.15, -0.1) is 0 Å². The molecule has 7 heteroatoms. The maximum atomic E-state index is 12.7. The summed E-state index contributed by atoms with van der Waals surface area (Å²) in [5.74, 6) is 1.44. The number of halogens is 1. The van der Waals surface area contributed by atoms with Crippen LogP contribution in [0.2, 0.25) is 5.02 Å². The number of carbonyl (C=O) groups excluding carboxylic acids is 2. The number of hydrogen-bond acceptors (Lipinski definition) is 4. The van der Waals surface area contributed by atoms with E-state index in [0.29, 0.717) is 36.5 Å². The van der Waals surface area contributed by atoms with Gasteiger partial charge in [-0.3, -0.25) is 19.4 Å². The van der Waals surface area contributed by atoms with Crippen LogP contribution in [0, 0.1) is 11.8 Å². The van der Waals surface area contributed by atoms with E-state index >= 15 is 0 Å². The van der Waals surface area contributed by atoms with E-state index in [0.717, 1.165) is 44.8 Å². The summed E-state index contributed by atoms with van der Waals surface area (Å²) in [4.78, 5) is 31.3. The lowest BCUT2D eigenvalue weighted by Gasteiger charge is -2.38. The van der Waals surface area contributed by atoms with Gasteiger partial charge >= 0.3 is 0 Å². The van der Waals surface area contributed by atoms with Crippen molar-refractivity contribution in [2.45, 2.75) is 26.8 Å². The molecule has 2 aliphatic rings. The van der Waals surface area contributed by atoms with Crippen molar-refractivity contribution in [2.24, 2.45) is 11.8 Å². The smallest absolute Gasteiger partial charge is 0.236 e. The molecule has 0 aromatic heterocycles. The Morgan fingerprint density at radius 2 is 1.66 bits per heavy atom. The minimum Gasteiger partial charge on any atom is -0.351 e. The van der Waals surface area contributed by atoms with Crippen LogP contribution in [0.25, 0.3) is 0 Å². The monoisotopic (exact) mass is 420 g/mol. The standard InChI is InChI=1S/C22H33ClN4O2/c1-17-10-18(2)14-27(13-17)22(29)16-26-8-6-25(7-9-26)15-21(28)24-12-19-4-3-5-20(23)11-19/h3-5,11,17-18H,6-10,12-16H2,1-2H3,(H,24,28)/t17-,18+. The summed E-state index contributed by atoms with van der Waals surface area (Å²) in [6.07, 6.45) is 1.21. The number of hydrogen-bond donors (Lipinski definition) is 1. The van der Waals surface area contributed by atoms with Gasteiger partial charge in [-0.2, -0.15) is 0 Å². The molecule has 0 saturated carbocycles. The second kappa shape index (κ2) is 10.4. The van der Waals surface area contributed by atoms with Gasteiger partial charge in [-0.05, 0) is 36.0 Å². The predicted molar refractivity (Wildman–Crippen MR) is 116 cm³/mol. The van der Waals surface area contributed by atoms with E-state index in [4.69, 9.17) is 11.6 Å². The first-order chi connectivity index (χ1) is 13.9. The lowest BCUT2D eigenvalue weighted by atomic mass is 9.92. The Morgan fingerprint density at radius 3 is 2.28 bits per heavy atom. The van der Waals surface area contributed by atoms with E-state index in [9.17, 15) is 9.59 Å². The van der Waals surface area contributed by atoms with Crippen molar-refractivity contribution in [3.63, 3.8) is 0 Å². The van der Waals surface area contributed by atoms with E-state index in [-0.39, 0.29) is 11.8 Å². The Bertz CT molecular complexity index is 696. The van der Waals surface area contributed by atoms with Crippen molar-refractivity contribution in [2.75, 3.05) is 52.4 Å². The molecule has 2 aliphatic heterocycles. The lowest BCUT2D eigenvalue weighted by molar-refractivity contribution is -0.135.